The van der Waals surface area contributed by atoms with Crippen molar-refractivity contribution in [3.63, 3.8) is 0 Å². The van der Waals surface area contributed by atoms with Gasteiger partial charge in [0.25, 0.3) is 0 Å². The van der Waals surface area contributed by atoms with Gasteiger partial charge in [-0.25, -0.2) is 4.98 Å². The Kier molecular flexibility index (Phi) is 5.88. The highest BCUT2D eigenvalue weighted by Crippen LogP contribution is 2.31. The van der Waals surface area contributed by atoms with Gasteiger partial charge in [0.05, 0.1) is 13.2 Å². The van der Waals surface area contributed by atoms with E-state index in [1.807, 2.05) is 11.8 Å². The Morgan fingerprint density at radius 3 is 2.79 bits per heavy atom. The topological polar surface area (TPSA) is 73.1 Å². The quantitative estimate of drug-likeness (QED) is 0.614. The van der Waals surface area contributed by atoms with E-state index in [4.69, 9.17) is 10.6 Å². The molecule has 106 valence electrons. The van der Waals surface area contributed by atoms with Crippen molar-refractivity contribution in [2.24, 2.45) is 5.84 Å². The van der Waals surface area contributed by atoms with Crippen molar-refractivity contribution in [3.8, 4) is 5.88 Å². The Hall–Kier alpha value is -0.850. The Bertz CT molecular complexity index is 385. The summed E-state index contributed by atoms with van der Waals surface area (Å²) in [6, 6.07) is -0.0180. The molecule has 0 radical (unpaired) electrons. The molecule has 0 saturated heterocycles. The van der Waals surface area contributed by atoms with E-state index >= 15 is 0 Å². The fraction of sp³-hybridized carbons (Fsp3) is 0.692. The minimum atomic E-state index is -0.0180. The van der Waals surface area contributed by atoms with E-state index in [9.17, 15) is 0 Å². The number of ether oxygens (including phenoxy) is 1. The molecule has 0 aromatic carbocycles. The summed E-state index contributed by atoms with van der Waals surface area (Å²) in [5.41, 5.74) is 3.62. The second kappa shape index (κ2) is 7.67. The van der Waals surface area contributed by atoms with E-state index in [1.165, 1.54) is 32.1 Å². The van der Waals surface area contributed by atoms with Crippen LogP contribution < -0.4 is 16.0 Å². The van der Waals surface area contributed by atoms with E-state index in [1.54, 1.807) is 19.5 Å². The van der Waals surface area contributed by atoms with Crippen LogP contribution in [0, 0.1) is 0 Å². The lowest BCUT2D eigenvalue weighted by Gasteiger charge is -2.23. The summed E-state index contributed by atoms with van der Waals surface area (Å²) in [6.45, 7) is 0. The number of thioether (sulfide) groups is 1. The molecule has 1 atom stereocenters. The lowest BCUT2D eigenvalue weighted by molar-refractivity contribution is 0.381. The number of nitrogens with zero attached hydrogens (tertiary/aromatic N) is 2. The third kappa shape index (κ3) is 4.06. The summed E-state index contributed by atoms with van der Waals surface area (Å²) in [5.74, 6) is 7.11. The van der Waals surface area contributed by atoms with Crippen molar-refractivity contribution >= 4 is 11.8 Å². The van der Waals surface area contributed by atoms with Gasteiger partial charge in [0.15, 0.2) is 0 Å². The molecule has 5 nitrogen and oxygen atoms in total. The van der Waals surface area contributed by atoms with E-state index in [-0.39, 0.29) is 6.04 Å². The van der Waals surface area contributed by atoms with Crippen LogP contribution in [0.1, 0.15) is 43.8 Å². The van der Waals surface area contributed by atoms with Crippen molar-refractivity contribution in [2.75, 3.05) is 12.9 Å². The Morgan fingerprint density at radius 1 is 1.37 bits per heavy atom. The van der Waals surface area contributed by atoms with E-state index in [0.29, 0.717) is 5.88 Å². The van der Waals surface area contributed by atoms with Crippen LogP contribution in [0.3, 0.4) is 0 Å². The second-order valence-electron chi connectivity index (χ2n) is 4.76. The normalized spacial score (nSPS) is 18.2. The van der Waals surface area contributed by atoms with Crippen LogP contribution in [-0.4, -0.2) is 28.1 Å². The molecule has 0 bridgehead atoms. The standard InChI is InChI=1S/C13H22N4OS/c1-18-13-12(15-7-8-16-13)11(17-14)9-19-10-5-3-2-4-6-10/h7-8,10-11,17H,2-6,9,14H2,1H3. The molecule has 0 aliphatic heterocycles. The largest absolute Gasteiger partial charge is 0.480 e. The van der Waals surface area contributed by atoms with Gasteiger partial charge in [-0.05, 0) is 12.8 Å². The summed E-state index contributed by atoms with van der Waals surface area (Å²) in [6.07, 6.45) is 10.0. The third-order valence-corrected chi connectivity index (χ3v) is 4.94. The first-order valence-corrected chi connectivity index (χ1v) is 7.82. The average Bonchev–Trinajstić information content (AvgIpc) is 2.49. The number of rotatable bonds is 6. The van der Waals surface area contributed by atoms with Crippen molar-refractivity contribution in [1.82, 2.24) is 15.4 Å². The zero-order valence-electron chi connectivity index (χ0n) is 11.3. The van der Waals surface area contributed by atoms with Crippen LogP contribution in [0.5, 0.6) is 5.88 Å². The monoisotopic (exact) mass is 282 g/mol. The fourth-order valence-corrected chi connectivity index (χ4v) is 3.79. The minimum Gasteiger partial charge on any atom is -0.480 e. The lowest BCUT2D eigenvalue weighted by Crippen LogP contribution is -2.31. The van der Waals surface area contributed by atoms with Gasteiger partial charge in [0.2, 0.25) is 5.88 Å². The molecule has 1 aromatic rings. The van der Waals surface area contributed by atoms with Crippen LogP contribution in [-0.2, 0) is 0 Å². The number of nitrogens with two attached hydrogens (primary N) is 1. The number of hydrazine groups is 1. The van der Waals surface area contributed by atoms with Crippen molar-refractivity contribution in [2.45, 2.75) is 43.4 Å². The van der Waals surface area contributed by atoms with Gasteiger partial charge in [-0.2, -0.15) is 11.8 Å². The maximum atomic E-state index is 5.66. The van der Waals surface area contributed by atoms with Crippen LogP contribution in [0.2, 0.25) is 0 Å². The molecule has 6 heteroatoms. The van der Waals surface area contributed by atoms with Gasteiger partial charge in [-0.1, -0.05) is 19.3 Å². The average molecular weight is 282 g/mol. The molecular formula is C13H22N4OS. The highest BCUT2D eigenvalue weighted by Gasteiger charge is 2.20. The van der Waals surface area contributed by atoms with Gasteiger partial charge in [-0.3, -0.25) is 16.3 Å². The van der Waals surface area contributed by atoms with Crippen molar-refractivity contribution in [3.05, 3.63) is 18.1 Å². The minimum absolute atomic E-state index is 0.0180. The summed E-state index contributed by atoms with van der Waals surface area (Å²) in [7, 11) is 1.61. The molecule has 3 N–H and O–H groups in total. The van der Waals surface area contributed by atoms with E-state index < -0.39 is 0 Å². The first-order valence-electron chi connectivity index (χ1n) is 6.77. The number of nitrogens with one attached hydrogen (secondary N) is 1. The maximum Gasteiger partial charge on any atom is 0.237 e. The lowest BCUT2D eigenvalue weighted by atomic mass is 10.0. The highest BCUT2D eigenvalue weighted by atomic mass is 32.2. The molecule has 0 spiro atoms. The van der Waals surface area contributed by atoms with Gasteiger partial charge >= 0.3 is 0 Å². The fourth-order valence-electron chi connectivity index (χ4n) is 2.40. The molecule has 1 aliphatic carbocycles. The third-order valence-electron chi connectivity index (χ3n) is 3.47. The summed E-state index contributed by atoms with van der Waals surface area (Å²) in [4.78, 5) is 8.51. The number of methoxy groups -OCH3 is 1. The van der Waals surface area contributed by atoms with Gasteiger partial charge in [-0.15, -0.1) is 0 Å². The Labute approximate surface area is 118 Å². The molecule has 0 amide bonds. The van der Waals surface area contributed by atoms with Gasteiger partial charge in [0, 0.05) is 23.4 Å². The molecule has 1 fully saturated rings. The van der Waals surface area contributed by atoms with Crippen LogP contribution >= 0.6 is 11.8 Å². The Morgan fingerprint density at radius 2 is 2.11 bits per heavy atom. The molecule has 2 rings (SSSR count). The predicted molar refractivity (Wildman–Crippen MR) is 78.0 cm³/mol. The maximum absolute atomic E-state index is 5.66. The molecule has 19 heavy (non-hydrogen) atoms. The zero-order chi connectivity index (χ0) is 13.5. The van der Waals surface area contributed by atoms with Crippen molar-refractivity contribution < 1.29 is 4.74 Å². The molecular weight excluding hydrogens is 260 g/mol. The summed E-state index contributed by atoms with van der Waals surface area (Å²) < 4.78 is 5.24. The number of hydrogen-bond acceptors (Lipinski definition) is 6. The predicted octanol–water partition coefficient (Wildman–Crippen LogP) is 2.06. The van der Waals surface area contributed by atoms with Crippen molar-refractivity contribution in [1.29, 1.82) is 0 Å². The summed E-state index contributed by atoms with van der Waals surface area (Å²) in [5, 5.41) is 0.757. The van der Waals surface area contributed by atoms with Crippen LogP contribution in [0.4, 0.5) is 0 Å². The van der Waals surface area contributed by atoms with E-state index in [0.717, 1.165) is 16.7 Å². The summed E-state index contributed by atoms with van der Waals surface area (Å²) >= 11 is 1.98. The van der Waals surface area contributed by atoms with Gasteiger partial charge < -0.3 is 4.74 Å². The molecule has 1 saturated carbocycles. The number of aromatic nitrogens is 2. The zero-order valence-corrected chi connectivity index (χ0v) is 12.2. The van der Waals surface area contributed by atoms with Crippen LogP contribution in [0.15, 0.2) is 12.4 Å². The van der Waals surface area contributed by atoms with Crippen LogP contribution in [0.25, 0.3) is 0 Å². The molecule has 1 aliphatic rings. The highest BCUT2D eigenvalue weighted by molar-refractivity contribution is 7.99. The first kappa shape index (κ1) is 14.6. The molecule has 1 aromatic heterocycles. The molecule has 1 unspecified atom stereocenters. The molecule has 1 heterocycles. The number of hydrogen-bond donors (Lipinski definition) is 2. The SMILES string of the molecule is COc1nccnc1C(CSC1CCCCC1)NN. The van der Waals surface area contributed by atoms with E-state index in [2.05, 4.69) is 15.4 Å². The Balaban J connectivity index is 1.95. The second-order valence-corrected chi connectivity index (χ2v) is 6.10. The first-order chi connectivity index (χ1) is 9.35. The smallest absolute Gasteiger partial charge is 0.237 e. The van der Waals surface area contributed by atoms with Gasteiger partial charge in [0.1, 0.15) is 5.69 Å².